The minimum Gasteiger partial charge on any atom is -0.726 e. The fourth-order valence-corrected chi connectivity index (χ4v) is 11.9. The molecule has 11 atom stereocenters. The van der Waals surface area contributed by atoms with Crippen molar-refractivity contribution in [2.45, 2.75) is 111 Å². The van der Waals surface area contributed by atoms with E-state index in [1.807, 2.05) is 19.9 Å². The van der Waals surface area contributed by atoms with Crippen LogP contribution >= 0.6 is 0 Å². The minimum absolute atomic E-state index is 0.00463. The third-order valence-electron chi connectivity index (χ3n) is 12.8. The highest BCUT2D eigenvalue weighted by molar-refractivity contribution is 7.80. The van der Waals surface area contributed by atoms with Gasteiger partial charge in [0.1, 0.15) is 0 Å². The Labute approximate surface area is 229 Å². The summed E-state index contributed by atoms with van der Waals surface area (Å²) in [6.45, 7) is 11.4. The molecule has 5 rings (SSSR count). The van der Waals surface area contributed by atoms with Crippen LogP contribution in [0.1, 0.15) is 98.8 Å². The Morgan fingerprint density at radius 2 is 1.76 bits per heavy atom. The Hall–Kier alpha value is -0.960. The number of carbonyl (C=O) groups excluding carboxylic acids is 1. The van der Waals surface area contributed by atoms with Gasteiger partial charge in [0.05, 0.1) is 25.2 Å². The van der Waals surface area contributed by atoms with Crippen LogP contribution in [-0.2, 0) is 24.1 Å². The minimum atomic E-state index is -4.91. The number of rotatable bonds is 7. The van der Waals surface area contributed by atoms with Gasteiger partial charge in [-0.05, 0) is 123 Å². The van der Waals surface area contributed by atoms with Gasteiger partial charge >= 0.3 is 5.97 Å². The third-order valence-corrected chi connectivity index (χ3v) is 13.3. The van der Waals surface area contributed by atoms with Crippen LogP contribution in [0.25, 0.3) is 0 Å². The number of ether oxygens (including phenoxy) is 1. The van der Waals surface area contributed by atoms with Crippen LogP contribution in [0.2, 0.25) is 0 Å². The van der Waals surface area contributed by atoms with Gasteiger partial charge in [-0.3, -0.25) is 8.98 Å². The molecule has 0 aromatic carbocycles. The van der Waals surface area contributed by atoms with Crippen LogP contribution in [0, 0.1) is 51.2 Å². The summed E-state index contributed by atoms with van der Waals surface area (Å²) in [4.78, 5) is 13.0. The summed E-state index contributed by atoms with van der Waals surface area (Å²) in [6.07, 6.45) is 10.3. The Morgan fingerprint density at radius 3 is 2.39 bits per heavy atom. The molecule has 5 fully saturated rings. The average Bonchev–Trinajstić information content (AvgIpc) is 3.39. The van der Waals surface area contributed by atoms with E-state index in [9.17, 15) is 22.9 Å². The van der Waals surface area contributed by atoms with E-state index in [4.69, 9.17) is 8.92 Å². The monoisotopic (exact) mass is 551 g/mol. The molecule has 0 aliphatic heterocycles. The lowest BCUT2D eigenvalue weighted by atomic mass is 9.42. The summed E-state index contributed by atoms with van der Waals surface area (Å²) in [7, 11) is -3.57. The van der Waals surface area contributed by atoms with Gasteiger partial charge < -0.3 is 14.4 Å². The van der Waals surface area contributed by atoms with Crippen LogP contribution in [0.5, 0.6) is 0 Å². The van der Waals surface area contributed by atoms with Gasteiger partial charge in [-0.25, -0.2) is 8.42 Å². The Balaban J connectivity index is 1.41. The first-order chi connectivity index (χ1) is 17.6. The number of esters is 1. The van der Waals surface area contributed by atoms with Crippen LogP contribution < -0.4 is 0 Å². The van der Waals surface area contributed by atoms with Crippen molar-refractivity contribution in [1.29, 1.82) is 0 Å². The van der Waals surface area contributed by atoms with Crippen molar-refractivity contribution in [3.8, 4) is 0 Å². The molecule has 2 spiro atoms. The molecule has 0 aromatic rings. The van der Waals surface area contributed by atoms with E-state index in [1.165, 1.54) is 20.0 Å². The molecule has 1 N–H and O–H groups in total. The highest BCUT2D eigenvalue weighted by Crippen LogP contribution is 2.88. The first kappa shape index (κ1) is 28.6. The zero-order valence-corrected chi connectivity index (χ0v) is 24.8. The summed E-state index contributed by atoms with van der Waals surface area (Å²) in [6, 6.07) is 0. The molecule has 7 nitrogen and oxygen atoms in total. The lowest BCUT2D eigenvalue weighted by molar-refractivity contribution is -0.169. The van der Waals surface area contributed by atoms with Gasteiger partial charge in [-0.15, -0.1) is 0 Å². The number of carbonyl (C=O) groups is 1. The molecule has 216 valence electrons. The third kappa shape index (κ3) is 4.06. The second-order valence-corrected chi connectivity index (χ2v) is 15.4. The van der Waals surface area contributed by atoms with Gasteiger partial charge in [0.25, 0.3) is 0 Å². The number of fused-ring (bicyclic) bond motifs is 2. The van der Waals surface area contributed by atoms with Crippen molar-refractivity contribution < 1.29 is 31.8 Å². The van der Waals surface area contributed by atoms with Crippen molar-refractivity contribution in [1.82, 2.24) is 0 Å². The number of aliphatic hydroxyl groups excluding tert-OH is 1. The molecule has 38 heavy (non-hydrogen) atoms. The van der Waals surface area contributed by atoms with E-state index in [0.29, 0.717) is 24.2 Å². The van der Waals surface area contributed by atoms with E-state index in [-0.39, 0.29) is 27.6 Å². The fourth-order valence-electron chi connectivity index (χ4n) is 11.3. The largest absolute Gasteiger partial charge is 0.726 e. The van der Waals surface area contributed by atoms with E-state index in [1.54, 1.807) is 0 Å². The topological polar surface area (TPSA) is 113 Å². The van der Waals surface area contributed by atoms with E-state index in [2.05, 4.69) is 20.8 Å². The smallest absolute Gasteiger partial charge is 0.311 e. The Kier molecular flexibility index (Phi) is 6.98. The lowest BCUT2D eigenvalue weighted by Gasteiger charge is -2.62. The molecule has 0 amide bonds. The summed E-state index contributed by atoms with van der Waals surface area (Å²) >= 11 is 0. The number of methoxy groups -OCH3 is 1. The highest BCUT2D eigenvalue weighted by Gasteiger charge is 2.82. The Bertz CT molecular complexity index is 1100. The predicted molar refractivity (Wildman–Crippen MR) is 142 cm³/mol. The number of allylic oxidation sites excluding steroid dienone is 1. The predicted octanol–water partition coefficient (Wildman–Crippen LogP) is 5.39. The Morgan fingerprint density at radius 1 is 1.05 bits per heavy atom. The molecule has 5 aliphatic rings. The molecule has 5 aliphatic carbocycles. The fraction of sp³-hybridized carbons (Fsp3) is 0.900. The molecular formula is C30H47O7S-. The van der Waals surface area contributed by atoms with Crippen molar-refractivity contribution in [2.24, 2.45) is 51.2 Å². The second kappa shape index (κ2) is 9.28. The maximum absolute atomic E-state index is 13.0. The van der Waals surface area contributed by atoms with Crippen LogP contribution in [-0.4, -0.2) is 43.4 Å². The summed E-state index contributed by atoms with van der Waals surface area (Å²) < 4.78 is 44.6. The summed E-state index contributed by atoms with van der Waals surface area (Å²) in [5.41, 5.74) is 1.75. The van der Waals surface area contributed by atoms with Gasteiger partial charge in [0, 0.05) is 0 Å². The molecular weight excluding hydrogens is 504 g/mol. The van der Waals surface area contributed by atoms with Gasteiger partial charge in [0.2, 0.25) is 10.4 Å². The van der Waals surface area contributed by atoms with Gasteiger partial charge in [-0.1, -0.05) is 32.4 Å². The first-order valence-corrected chi connectivity index (χ1v) is 16.0. The molecule has 0 saturated heterocycles. The standard InChI is InChI=1S/C30H48O7S/c1-18(2)15-20(31)16-19(3)21-9-11-28(5)24-8-7-22-25(26(32)36-6)23(37-38(33,34)35)10-12-29(22)17-30(24,29)14-13-27(21,28)4/h15,19-25,31H,7-14,16-17H2,1-6H3,(H,33,34,35)/p-1/t19-,20+,21-,22+,23+,24+,25+,27-,28+,29-,30+/m1/s1. The number of aliphatic hydroxyl groups is 1. The van der Waals surface area contributed by atoms with Crippen molar-refractivity contribution >= 4 is 16.4 Å². The normalized spacial score (nSPS) is 47.0. The first-order valence-electron chi connectivity index (χ1n) is 14.7. The van der Waals surface area contributed by atoms with Crippen molar-refractivity contribution in [3.05, 3.63) is 11.6 Å². The van der Waals surface area contributed by atoms with Crippen molar-refractivity contribution in [2.75, 3.05) is 7.11 Å². The average molecular weight is 552 g/mol. The van der Waals surface area contributed by atoms with Crippen LogP contribution in [0.3, 0.4) is 0 Å². The van der Waals surface area contributed by atoms with Gasteiger partial charge in [-0.2, -0.15) is 0 Å². The summed E-state index contributed by atoms with van der Waals surface area (Å²) in [5.74, 6) is 0.438. The van der Waals surface area contributed by atoms with Crippen LogP contribution in [0.4, 0.5) is 0 Å². The molecule has 0 bridgehead atoms. The molecule has 8 heteroatoms. The maximum Gasteiger partial charge on any atom is 0.311 e. The number of hydrogen-bond donors (Lipinski definition) is 1. The lowest BCUT2D eigenvalue weighted by Crippen LogP contribution is -2.57. The molecule has 0 unspecified atom stereocenters. The van der Waals surface area contributed by atoms with E-state index >= 15 is 0 Å². The zero-order chi connectivity index (χ0) is 27.9. The molecule has 0 radical (unpaired) electrons. The van der Waals surface area contributed by atoms with E-state index < -0.39 is 34.5 Å². The second-order valence-electron chi connectivity index (χ2n) is 14.4. The van der Waals surface area contributed by atoms with Gasteiger partial charge in [0.15, 0.2) is 0 Å². The molecule has 0 heterocycles. The number of hydrogen-bond acceptors (Lipinski definition) is 7. The van der Waals surface area contributed by atoms with E-state index in [0.717, 1.165) is 50.5 Å². The quantitative estimate of drug-likeness (QED) is 0.195. The maximum atomic E-state index is 13.0. The van der Waals surface area contributed by atoms with Crippen LogP contribution in [0.15, 0.2) is 11.6 Å². The SMILES string of the molecule is COC(=O)[C@@H]1[C@@H](OS(=O)(=O)[O-])CC[C@]23C[C@]24CC[C@]2(C)[C@@H]([C@H](C)C[C@@H](O)C=C(C)C)CC[C@@]2(C)[C@@H]4CC[C@@H]13. The van der Waals surface area contributed by atoms with Crippen molar-refractivity contribution in [3.63, 3.8) is 0 Å². The molecule has 0 aromatic heterocycles. The molecule has 5 saturated carbocycles. The zero-order valence-electron chi connectivity index (χ0n) is 24.0. The summed E-state index contributed by atoms with van der Waals surface area (Å²) in [5, 5.41) is 10.7. The highest BCUT2D eigenvalue weighted by atomic mass is 32.3.